The van der Waals surface area contributed by atoms with E-state index in [1.165, 1.54) is 5.20 Å². The lowest BCUT2D eigenvalue weighted by Crippen LogP contribution is -2.23. The summed E-state index contributed by atoms with van der Waals surface area (Å²) in [5.41, 5.74) is 0. The van der Waals surface area contributed by atoms with E-state index in [0.29, 0.717) is 6.42 Å². The summed E-state index contributed by atoms with van der Waals surface area (Å²) in [6, 6.07) is 0. The Bertz CT molecular complexity index is 153. The van der Waals surface area contributed by atoms with E-state index in [0.717, 1.165) is 12.7 Å². The first-order valence-corrected chi connectivity index (χ1v) is 7.61. The number of aldehydes is 1. The van der Waals surface area contributed by atoms with Crippen molar-refractivity contribution in [3.05, 3.63) is 11.3 Å². The van der Waals surface area contributed by atoms with Gasteiger partial charge in [0.25, 0.3) is 0 Å². The molecule has 0 aromatic heterocycles. The molecule has 0 aliphatic rings. The van der Waals surface area contributed by atoms with Gasteiger partial charge in [-0.2, -0.15) is 0 Å². The quantitative estimate of drug-likeness (QED) is 0.468. The maximum Gasteiger partial charge on any atom is 0.120 e. The lowest BCUT2D eigenvalue weighted by Gasteiger charge is -2.19. The molecule has 2 heteroatoms. The van der Waals surface area contributed by atoms with Gasteiger partial charge in [0.1, 0.15) is 6.29 Å². The van der Waals surface area contributed by atoms with Gasteiger partial charge in [-0.3, -0.25) is 0 Å². The number of carbonyl (C=O) groups excluding carboxylic acids is 1. The Morgan fingerprint density at radius 2 is 1.91 bits per heavy atom. The minimum absolute atomic E-state index is 0.684. The van der Waals surface area contributed by atoms with Crippen molar-refractivity contribution < 1.29 is 4.79 Å². The van der Waals surface area contributed by atoms with Crippen LogP contribution in [0.5, 0.6) is 0 Å². The van der Waals surface area contributed by atoms with E-state index in [2.05, 4.69) is 32.6 Å². The molecule has 0 bridgehead atoms. The SMILES string of the molecule is C/C=C(\CCC=O)[Si](C)(C)C. The molecule has 0 saturated heterocycles. The molecule has 0 aromatic rings. The van der Waals surface area contributed by atoms with E-state index >= 15 is 0 Å². The molecule has 0 atom stereocenters. The number of allylic oxidation sites excluding steroid dienone is 2. The first kappa shape index (κ1) is 10.6. The second-order valence-electron chi connectivity index (χ2n) is 3.77. The van der Waals surface area contributed by atoms with Gasteiger partial charge in [-0.05, 0) is 13.3 Å². The van der Waals surface area contributed by atoms with E-state index in [4.69, 9.17) is 0 Å². The fourth-order valence-corrected chi connectivity index (χ4v) is 2.93. The van der Waals surface area contributed by atoms with Gasteiger partial charge in [0, 0.05) is 6.42 Å². The van der Waals surface area contributed by atoms with Gasteiger partial charge in [-0.15, -0.1) is 0 Å². The smallest absolute Gasteiger partial charge is 0.120 e. The molecule has 0 aromatic carbocycles. The summed E-state index contributed by atoms with van der Waals surface area (Å²) < 4.78 is 0. The second-order valence-corrected chi connectivity index (χ2v) is 8.91. The molecular formula is C9H18OSi. The molecule has 0 N–H and O–H groups in total. The molecule has 0 aliphatic heterocycles. The maximum atomic E-state index is 10.1. The van der Waals surface area contributed by atoms with E-state index in [1.54, 1.807) is 0 Å². The molecule has 0 radical (unpaired) electrons. The molecule has 0 rings (SSSR count). The summed E-state index contributed by atoms with van der Waals surface area (Å²) in [4.78, 5) is 10.1. The number of carbonyl (C=O) groups is 1. The highest BCUT2D eigenvalue weighted by Gasteiger charge is 2.17. The van der Waals surface area contributed by atoms with Crippen molar-refractivity contribution in [2.75, 3.05) is 0 Å². The molecule has 0 amide bonds. The normalized spacial score (nSPS) is 13.3. The Morgan fingerprint density at radius 3 is 2.18 bits per heavy atom. The Morgan fingerprint density at radius 1 is 1.36 bits per heavy atom. The van der Waals surface area contributed by atoms with Gasteiger partial charge in [-0.1, -0.05) is 30.9 Å². The van der Waals surface area contributed by atoms with Crippen LogP contribution in [0.1, 0.15) is 19.8 Å². The molecule has 0 heterocycles. The molecule has 0 aliphatic carbocycles. The average Bonchev–Trinajstić information content (AvgIpc) is 1.87. The third kappa shape index (κ3) is 4.14. The van der Waals surface area contributed by atoms with Crippen molar-refractivity contribution in [1.82, 2.24) is 0 Å². The molecule has 1 nitrogen and oxygen atoms in total. The number of rotatable bonds is 4. The Balaban J connectivity index is 4.09. The largest absolute Gasteiger partial charge is 0.303 e. The minimum Gasteiger partial charge on any atom is -0.303 e. The zero-order chi connectivity index (χ0) is 8.91. The summed E-state index contributed by atoms with van der Waals surface area (Å²) in [7, 11) is -1.12. The van der Waals surface area contributed by atoms with E-state index in [1.807, 2.05) is 0 Å². The predicted octanol–water partition coefficient (Wildman–Crippen LogP) is 2.79. The topological polar surface area (TPSA) is 17.1 Å². The maximum absolute atomic E-state index is 10.1. The number of hydrogen-bond donors (Lipinski definition) is 0. The summed E-state index contributed by atoms with van der Waals surface area (Å²) in [5.74, 6) is 0. The summed E-state index contributed by atoms with van der Waals surface area (Å²) in [6.45, 7) is 9.01. The number of hydrogen-bond acceptors (Lipinski definition) is 1. The van der Waals surface area contributed by atoms with Gasteiger partial charge in [0.2, 0.25) is 0 Å². The zero-order valence-electron chi connectivity index (χ0n) is 7.98. The van der Waals surface area contributed by atoms with Crippen LogP contribution >= 0.6 is 0 Å². The van der Waals surface area contributed by atoms with Crippen LogP contribution in [0.2, 0.25) is 19.6 Å². The molecule has 64 valence electrons. The average molecular weight is 170 g/mol. The van der Waals surface area contributed by atoms with E-state index in [9.17, 15) is 4.79 Å². The van der Waals surface area contributed by atoms with Crippen LogP contribution in [-0.2, 0) is 4.79 Å². The van der Waals surface area contributed by atoms with Gasteiger partial charge in [0.05, 0.1) is 8.07 Å². The van der Waals surface area contributed by atoms with Crippen LogP contribution in [0.4, 0.5) is 0 Å². The highest BCUT2D eigenvalue weighted by atomic mass is 28.3. The minimum atomic E-state index is -1.12. The molecule has 0 spiro atoms. The third-order valence-corrected chi connectivity index (χ3v) is 4.31. The Hall–Kier alpha value is -0.373. The van der Waals surface area contributed by atoms with Gasteiger partial charge < -0.3 is 4.79 Å². The van der Waals surface area contributed by atoms with E-state index < -0.39 is 8.07 Å². The van der Waals surface area contributed by atoms with Crippen LogP contribution in [0.25, 0.3) is 0 Å². The molecular weight excluding hydrogens is 152 g/mol. The molecule has 0 unspecified atom stereocenters. The lowest BCUT2D eigenvalue weighted by molar-refractivity contribution is -0.107. The van der Waals surface area contributed by atoms with Crippen molar-refractivity contribution in [3.8, 4) is 0 Å². The van der Waals surface area contributed by atoms with Crippen LogP contribution in [0, 0.1) is 0 Å². The standard InChI is InChI=1S/C9H18OSi/c1-5-9(7-6-8-10)11(2,3)4/h5,8H,6-7H2,1-4H3/b9-5+. The summed E-state index contributed by atoms with van der Waals surface area (Å²) >= 11 is 0. The first-order valence-electron chi connectivity index (χ1n) is 4.11. The second kappa shape index (κ2) is 4.49. The van der Waals surface area contributed by atoms with Crippen LogP contribution in [-0.4, -0.2) is 14.4 Å². The van der Waals surface area contributed by atoms with Crippen molar-refractivity contribution in [2.45, 2.75) is 39.4 Å². The highest BCUT2D eigenvalue weighted by Crippen LogP contribution is 2.18. The molecule has 0 saturated carbocycles. The van der Waals surface area contributed by atoms with Gasteiger partial charge in [-0.25, -0.2) is 0 Å². The monoisotopic (exact) mass is 170 g/mol. The highest BCUT2D eigenvalue weighted by molar-refractivity contribution is 6.83. The third-order valence-electron chi connectivity index (χ3n) is 1.84. The van der Waals surface area contributed by atoms with E-state index in [-0.39, 0.29) is 0 Å². The van der Waals surface area contributed by atoms with Crippen LogP contribution in [0.15, 0.2) is 11.3 Å². The van der Waals surface area contributed by atoms with Crippen molar-refractivity contribution in [3.63, 3.8) is 0 Å². The zero-order valence-corrected chi connectivity index (χ0v) is 8.98. The van der Waals surface area contributed by atoms with Crippen LogP contribution in [0.3, 0.4) is 0 Å². The molecule has 11 heavy (non-hydrogen) atoms. The summed E-state index contributed by atoms with van der Waals surface area (Å²) in [5, 5.41) is 1.50. The Labute approximate surface area is 70.5 Å². The first-order chi connectivity index (χ1) is 5.02. The van der Waals surface area contributed by atoms with Crippen molar-refractivity contribution >= 4 is 14.4 Å². The van der Waals surface area contributed by atoms with Crippen molar-refractivity contribution in [2.24, 2.45) is 0 Å². The fourth-order valence-electron chi connectivity index (χ4n) is 1.17. The fraction of sp³-hybridized carbons (Fsp3) is 0.667. The predicted molar refractivity (Wildman–Crippen MR) is 52.4 cm³/mol. The van der Waals surface area contributed by atoms with Crippen LogP contribution < -0.4 is 0 Å². The summed E-state index contributed by atoms with van der Waals surface area (Å²) in [6.07, 6.45) is 4.83. The molecule has 0 fully saturated rings. The lowest BCUT2D eigenvalue weighted by atomic mass is 10.3. The van der Waals surface area contributed by atoms with Gasteiger partial charge in [0.15, 0.2) is 0 Å². The Kier molecular flexibility index (Phi) is 4.34. The van der Waals surface area contributed by atoms with Crippen molar-refractivity contribution in [1.29, 1.82) is 0 Å². The van der Waals surface area contributed by atoms with Gasteiger partial charge >= 0.3 is 0 Å².